The van der Waals surface area contributed by atoms with Gasteiger partial charge in [0.2, 0.25) is 0 Å². The lowest BCUT2D eigenvalue weighted by atomic mass is 10.0. The second kappa shape index (κ2) is 7.29. The number of phenols is 1. The van der Waals surface area contributed by atoms with Crippen LogP contribution < -0.4 is 5.56 Å². The van der Waals surface area contributed by atoms with Crippen molar-refractivity contribution in [2.24, 2.45) is 0 Å². The third-order valence-corrected chi connectivity index (χ3v) is 4.04. The van der Waals surface area contributed by atoms with Crippen molar-refractivity contribution >= 4 is 11.5 Å². The van der Waals surface area contributed by atoms with Gasteiger partial charge in [0.15, 0.2) is 0 Å². The van der Waals surface area contributed by atoms with Gasteiger partial charge in [-0.1, -0.05) is 18.2 Å². The first-order valence-electron chi connectivity index (χ1n) is 8.00. The molecule has 1 aliphatic heterocycles. The summed E-state index contributed by atoms with van der Waals surface area (Å²) in [6.45, 7) is 0.0182. The summed E-state index contributed by atoms with van der Waals surface area (Å²) in [5.41, 5.74) is 1.47. The molecule has 0 saturated carbocycles. The molecule has 0 fully saturated rings. The molecule has 1 N–H and O–H groups in total. The summed E-state index contributed by atoms with van der Waals surface area (Å²) >= 11 is 0. The Kier molecular flexibility index (Phi) is 4.92. The molecule has 0 saturated heterocycles. The summed E-state index contributed by atoms with van der Waals surface area (Å²) in [6.07, 6.45) is 2.72. The van der Waals surface area contributed by atoms with E-state index >= 15 is 0 Å². The number of amides is 1. The highest BCUT2D eigenvalue weighted by molar-refractivity contribution is 5.93. The Balaban J connectivity index is 1.81. The van der Waals surface area contributed by atoms with Crippen LogP contribution in [0.3, 0.4) is 0 Å². The van der Waals surface area contributed by atoms with Gasteiger partial charge >= 0.3 is 0 Å². The van der Waals surface area contributed by atoms with Crippen LogP contribution in [0, 0.1) is 0 Å². The van der Waals surface area contributed by atoms with Crippen molar-refractivity contribution in [2.45, 2.75) is 13.0 Å². The van der Waals surface area contributed by atoms with Crippen molar-refractivity contribution in [1.29, 1.82) is 0 Å². The minimum atomic E-state index is -0.724. The van der Waals surface area contributed by atoms with Crippen LogP contribution in [0.4, 0.5) is 4.39 Å². The van der Waals surface area contributed by atoms with Crippen LogP contribution in [-0.4, -0.2) is 45.5 Å². The fourth-order valence-corrected chi connectivity index (χ4v) is 2.80. The highest BCUT2D eigenvalue weighted by atomic mass is 19.1. The predicted molar refractivity (Wildman–Crippen MR) is 91.1 cm³/mol. The third-order valence-electron chi connectivity index (χ3n) is 4.04. The van der Waals surface area contributed by atoms with Crippen LogP contribution in [0.15, 0.2) is 47.3 Å². The summed E-state index contributed by atoms with van der Waals surface area (Å²) in [4.78, 5) is 25.9. The average Bonchev–Trinajstić information content (AvgIpc) is 2.63. The molecule has 3 rings (SSSR count). The van der Waals surface area contributed by atoms with E-state index in [0.717, 1.165) is 15.8 Å². The molecule has 0 radical (unpaired) electrons. The van der Waals surface area contributed by atoms with Gasteiger partial charge in [-0.05, 0) is 35.8 Å². The lowest BCUT2D eigenvalue weighted by Gasteiger charge is -2.27. The number of nitrogens with zero attached hydrogens (tertiary/aromatic N) is 3. The van der Waals surface area contributed by atoms with Crippen LogP contribution in [0.25, 0.3) is 5.57 Å². The smallest absolute Gasteiger partial charge is 0.274 e. The van der Waals surface area contributed by atoms with Gasteiger partial charge in [0.1, 0.15) is 18.1 Å². The topological polar surface area (TPSA) is 75.4 Å². The Morgan fingerprint density at radius 3 is 2.88 bits per heavy atom. The quantitative estimate of drug-likeness (QED) is 0.919. The number of hydrogen-bond donors (Lipinski definition) is 1. The van der Waals surface area contributed by atoms with E-state index in [9.17, 15) is 19.1 Å². The maximum atomic E-state index is 12.7. The number of halogens is 1. The average molecular weight is 343 g/mol. The van der Waals surface area contributed by atoms with E-state index in [0.29, 0.717) is 19.5 Å². The molecule has 1 amide bonds. The lowest BCUT2D eigenvalue weighted by molar-refractivity contribution is 0.0766. The molecule has 1 aromatic carbocycles. The van der Waals surface area contributed by atoms with Gasteiger partial charge < -0.3 is 10.0 Å². The Labute approximate surface area is 143 Å². The number of aromatic hydroxyl groups is 1. The van der Waals surface area contributed by atoms with Crippen LogP contribution in [-0.2, 0) is 6.54 Å². The van der Waals surface area contributed by atoms with Gasteiger partial charge in [-0.15, -0.1) is 0 Å². The molecule has 0 spiro atoms. The molecular weight excluding hydrogens is 325 g/mol. The highest BCUT2D eigenvalue weighted by Gasteiger charge is 2.22. The molecule has 1 aliphatic rings. The minimum absolute atomic E-state index is 0.116. The molecule has 2 aromatic rings. The Bertz CT molecular complexity index is 876. The minimum Gasteiger partial charge on any atom is -0.508 e. The zero-order valence-electron chi connectivity index (χ0n) is 13.6. The number of alkyl halides is 1. The number of hydrogen-bond acceptors (Lipinski definition) is 4. The van der Waals surface area contributed by atoms with E-state index in [1.54, 1.807) is 23.1 Å². The van der Waals surface area contributed by atoms with Crippen molar-refractivity contribution in [3.05, 3.63) is 64.1 Å². The number of carbonyl (C=O) groups excluding carboxylic acids is 1. The zero-order valence-corrected chi connectivity index (χ0v) is 13.6. The largest absolute Gasteiger partial charge is 0.508 e. The molecule has 130 valence electrons. The van der Waals surface area contributed by atoms with Gasteiger partial charge in [0, 0.05) is 19.2 Å². The number of aryl methyl sites for hydroxylation is 1. The van der Waals surface area contributed by atoms with Gasteiger partial charge in [0.25, 0.3) is 11.5 Å². The van der Waals surface area contributed by atoms with E-state index in [1.807, 2.05) is 12.1 Å². The van der Waals surface area contributed by atoms with Crippen molar-refractivity contribution in [3.8, 4) is 5.75 Å². The molecule has 0 bridgehead atoms. The van der Waals surface area contributed by atoms with Crippen LogP contribution >= 0.6 is 0 Å². The fourth-order valence-electron chi connectivity index (χ4n) is 2.80. The fraction of sp³-hybridized carbons (Fsp3) is 0.278. The Morgan fingerprint density at radius 2 is 2.12 bits per heavy atom. The molecule has 1 aromatic heterocycles. The highest BCUT2D eigenvalue weighted by Crippen LogP contribution is 2.24. The number of carbonyl (C=O) groups is 1. The lowest BCUT2D eigenvalue weighted by Crippen LogP contribution is -2.37. The maximum Gasteiger partial charge on any atom is 0.274 e. The van der Waals surface area contributed by atoms with E-state index in [4.69, 9.17) is 0 Å². The van der Waals surface area contributed by atoms with Crippen LogP contribution in [0.2, 0.25) is 0 Å². The number of rotatable bonds is 4. The van der Waals surface area contributed by atoms with Crippen molar-refractivity contribution in [3.63, 3.8) is 0 Å². The number of aromatic nitrogens is 2. The molecule has 7 heteroatoms. The maximum absolute atomic E-state index is 12.7. The molecule has 2 heterocycles. The molecule has 6 nitrogen and oxygen atoms in total. The summed E-state index contributed by atoms with van der Waals surface area (Å²) < 4.78 is 13.5. The summed E-state index contributed by atoms with van der Waals surface area (Å²) in [5.74, 6) is -0.139. The normalized spacial score (nSPS) is 14.3. The monoisotopic (exact) mass is 343 g/mol. The van der Waals surface area contributed by atoms with Crippen molar-refractivity contribution in [1.82, 2.24) is 14.7 Å². The van der Waals surface area contributed by atoms with Crippen molar-refractivity contribution in [2.75, 3.05) is 19.8 Å². The van der Waals surface area contributed by atoms with Gasteiger partial charge in [0.05, 0.1) is 6.54 Å². The SMILES string of the molecule is O=C(c1ccc(=O)n(CCF)n1)N1CCC=C(c2cccc(O)c2)C1. The molecule has 0 atom stereocenters. The second-order valence-electron chi connectivity index (χ2n) is 5.76. The third kappa shape index (κ3) is 3.76. The van der Waals surface area contributed by atoms with Gasteiger partial charge in [-0.2, -0.15) is 5.10 Å². The molecule has 0 unspecified atom stereocenters. The van der Waals surface area contributed by atoms with E-state index in [-0.39, 0.29) is 23.9 Å². The van der Waals surface area contributed by atoms with Crippen molar-refractivity contribution < 1.29 is 14.3 Å². The second-order valence-corrected chi connectivity index (χ2v) is 5.76. The van der Waals surface area contributed by atoms with Crippen LogP contribution in [0.5, 0.6) is 5.75 Å². The number of phenolic OH excluding ortho intramolecular Hbond substituents is 1. The molecule has 0 aliphatic carbocycles. The van der Waals surface area contributed by atoms with Gasteiger partial charge in [-0.3, -0.25) is 9.59 Å². The van der Waals surface area contributed by atoms with E-state index < -0.39 is 12.2 Å². The number of benzene rings is 1. The zero-order chi connectivity index (χ0) is 17.8. The first-order chi connectivity index (χ1) is 12.1. The summed E-state index contributed by atoms with van der Waals surface area (Å²) in [7, 11) is 0. The summed E-state index contributed by atoms with van der Waals surface area (Å²) in [6, 6.07) is 9.46. The first-order valence-corrected chi connectivity index (χ1v) is 8.00. The summed E-state index contributed by atoms with van der Waals surface area (Å²) in [5, 5.41) is 13.6. The first kappa shape index (κ1) is 16.9. The van der Waals surface area contributed by atoms with E-state index in [1.165, 1.54) is 12.1 Å². The standard InChI is InChI=1S/C18H18FN3O3/c19-8-10-22-17(24)7-6-16(20-22)18(25)21-9-2-4-14(12-21)13-3-1-5-15(23)11-13/h1,3-7,11,23H,2,8-10,12H2. The van der Waals surface area contributed by atoms with Gasteiger partial charge in [-0.25, -0.2) is 9.07 Å². The Hall–Kier alpha value is -2.96. The predicted octanol–water partition coefficient (Wildman–Crippen LogP) is 1.85. The van der Waals surface area contributed by atoms with E-state index in [2.05, 4.69) is 5.10 Å². The Morgan fingerprint density at radius 1 is 1.28 bits per heavy atom. The molecular formula is C18H18FN3O3. The molecule has 25 heavy (non-hydrogen) atoms. The van der Waals surface area contributed by atoms with Crippen LogP contribution in [0.1, 0.15) is 22.5 Å².